The highest BCUT2D eigenvalue weighted by Crippen LogP contribution is 2.35. The van der Waals surface area contributed by atoms with E-state index in [0.717, 1.165) is 41.2 Å². The third-order valence-corrected chi connectivity index (χ3v) is 4.23. The number of hydrogen-bond donors (Lipinski definition) is 1. The highest BCUT2D eigenvalue weighted by molar-refractivity contribution is 5.91. The third kappa shape index (κ3) is 1.72. The molecule has 0 radical (unpaired) electrons. The minimum Gasteiger partial charge on any atom is -0.497 e. The molecule has 4 rings (SSSR count). The number of aromatic amines is 1. The molecule has 3 heterocycles. The number of methoxy groups -OCH3 is 1. The van der Waals surface area contributed by atoms with Crippen molar-refractivity contribution < 1.29 is 4.74 Å². The van der Waals surface area contributed by atoms with Gasteiger partial charge in [0.2, 0.25) is 0 Å². The molecule has 1 aliphatic rings. The first-order valence-corrected chi connectivity index (χ1v) is 7.08. The van der Waals surface area contributed by atoms with E-state index < -0.39 is 0 Å². The van der Waals surface area contributed by atoms with Gasteiger partial charge in [-0.25, -0.2) is 0 Å². The number of pyridine rings is 1. The molecule has 0 spiro atoms. The fraction of sp³-hybridized carbons (Fsp3) is 0.235. The van der Waals surface area contributed by atoms with Gasteiger partial charge in [0.15, 0.2) is 0 Å². The highest BCUT2D eigenvalue weighted by Gasteiger charge is 2.21. The molecular formula is C17H16N2O2. The maximum atomic E-state index is 12.1. The summed E-state index contributed by atoms with van der Waals surface area (Å²) < 4.78 is 7.14. The number of benzene rings is 1. The van der Waals surface area contributed by atoms with Crippen molar-refractivity contribution in [1.82, 2.24) is 9.55 Å². The van der Waals surface area contributed by atoms with E-state index in [1.54, 1.807) is 13.2 Å². The van der Waals surface area contributed by atoms with E-state index in [2.05, 4.69) is 17.1 Å². The smallest absolute Gasteiger partial charge is 0.251 e. The van der Waals surface area contributed by atoms with E-state index in [0.29, 0.717) is 0 Å². The van der Waals surface area contributed by atoms with Crippen molar-refractivity contribution in [3.8, 4) is 17.1 Å². The van der Waals surface area contributed by atoms with E-state index >= 15 is 0 Å². The van der Waals surface area contributed by atoms with Crippen LogP contribution in [0, 0.1) is 6.92 Å². The minimum atomic E-state index is 0.0758. The van der Waals surface area contributed by atoms with Crippen LogP contribution < -0.4 is 10.3 Å². The normalized spacial score (nSPS) is 13.0. The lowest BCUT2D eigenvalue weighted by molar-refractivity contribution is 0.415. The van der Waals surface area contributed by atoms with Gasteiger partial charge in [-0.2, -0.15) is 0 Å². The van der Waals surface area contributed by atoms with E-state index in [1.165, 1.54) is 10.9 Å². The fourth-order valence-electron chi connectivity index (χ4n) is 3.23. The van der Waals surface area contributed by atoms with Crippen molar-refractivity contribution in [2.75, 3.05) is 7.11 Å². The van der Waals surface area contributed by atoms with Gasteiger partial charge in [-0.1, -0.05) is 0 Å². The molecule has 0 saturated heterocycles. The second kappa shape index (κ2) is 4.25. The van der Waals surface area contributed by atoms with Gasteiger partial charge in [-0.3, -0.25) is 4.79 Å². The Balaban J connectivity index is 2.04. The zero-order chi connectivity index (χ0) is 14.6. The molecule has 0 bridgehead atoms. The van der Waals surface area contributed by atoms with Crippen LogP contribution in [0.25, 0.3) is 22.3 Å². The number of aryl methyl sites for hydroxylation is 2. The van der Waals surface area contributed by atoms with Crippen molar-refractivity contribution in [1.29, 1.82) is 0 Å². The molecule has 1 N–H and O–H groups in total. The summed E-state index contributed by atoms with van der Waals surface area (Å²) in [6, 6.07) is 9.85. The molecule has 3 aromatic rings. The zero-order valence-corrected chi connectivity index (χ0v) is 12.1. The third-order valence-electron chi connectivity index (χ3n) is 4.23. The Hall–Kier alpha value is -2.49. The summed E-state index contributed by atoms with van der Waals surface area (Å²) in [6.45, 7) is 2.70. The molecule has 1 aromatic carbocycles. The number of nitrogens with zero attached hydrogens (tertiary/aromatic N) is 1. The summed E-state index contributed by atoms with van der Waals surface area (Å²) in [4.78, 5) is 15.6. The first kappa shape index (κ1) is 12.3. The Labute approximate surface area is 122 Å². The molecule has 0 fully saturated rings. The van der Waals surface area contributed by atoms with E-state index in [4.69, 9.17) is 4.74 Å². The monoisotopic (exact) mass is 280 g/mol. The average Bonchev–Trinajstić information content (AvgIpc) is 2.85. The van der Waals surface area contributed by atoms with E-state index in [-0.39, 0.29) is 5.56 Å². The van der Waals surface area contributed by atoms with Gasteiger partial charge in [0.1, 0.15) is 5.75 Å². The first-order valence-electron chi connectivity index (χ1n) is 7.08. The summed E-state index contributed by atoms with van der Waals surface area (Å²) in [5, 5.41) is 1.21. The molecule has 4 heteroatoms. The number of H-pyrrole nitrogens is 1. The summed E-state index contributed by atoms with van der Waals surface area (Å²) in [5.74, 6) is 0.836. The van der Waals surface area contributed by atoms with Gasteiger partial charge in [0.05, 0.1) is 18.5 Å². The summed E-state index contributed by atoms with van der Waals surface area (Å²) in [5.41, 5.74) is 5.46. The lowest BCUT2D eigenvalue weighted by Gasteiger charge is -2.19. The molecule has 0 unspecified atom stereocenters. The van der Waals surface area contributed by atoms with Crippen LogP contribution >= 0.6 is 0 Å². The van der Waals surface area contributed by atoms with Crippen LogP contribution in [-0.4, -0.2) is 16.7 Å². The molecule has 0 amide bonds. The Bertz CT molecular complexity index is 918. The number of ether oxygens (including phenoxy) is 1. The Morgan fingerprint density at radius 2 is 2.10 bits per heavy atom. The number of nitrogens with one attached hydrogen (secondary N) is 1. The predicted octanol–water partition coefficient (Wildman–Crippen LogP) is 2.87. The molecule has 2 aromatic heterocycles. The van der Waals surface area contributed by atoms with Crippen molar-refractivity contribution in [2.24, 2.45) is 0 Å². The standard InChI is InChI=1S/C17H16N2O2/c1-10-7-15-17-13(5-6-19(15)16(20)8-10)12-4-3-11(21-2)9-14(12)18-17/h3-4,7-9,18H,5-6H2,1-2H3. The SMILES string of the molecule is COc1ccc2c3c([nH]c2c1)-c1cc(C)cc(=O)n1CC3. The first-order chi connectivity index (χ1) is 10.2. The van der Waals surface area contributed by atoms with Crippen LogP contribution in [0.2, 0.25) is 0 Å². The van der Waals surface area contributed by atoms with E-state index in [9.17, 15) is 4.79 Å². The van der Waals surface area contributed by atoms with Crippen molar-refractivity contribution >= 4 is 10.9 Å². The van der Waals surface area contributed by atoms with Gasteiger partial charge in [0.25, 0.3) is 5.56 Å². The maximum absolute atomic E-state index is 12.1. The zero-order valence-electron chi connectivity index (χ0n) is 12.1. The highest BCUT2D eigenvalue weighted by atomic mass is 16.5. The maximum Gasteiger partial charge on any atom is 0.251 e. The van der Waals surface area contributed by atoms with Gasteiger partial charge in [-0.15, -0.1) is 0 Å². The topological polar surface area (TPSA) is 47.0 Å². The quantitative estimate of drug-likeness (QED) is 0.745. The Morgan fingerprint density at radius 3 is 2.90 bits per heavy atom. The second-order valence-electron chi connectivity index (χ2n) is 5.55. The van der Waals surface area contributed by atoms with Gasteiger partial charge in [0, 0.05) is 29.6 Å². The average molecular weight is 280 g/mol. The molecular weight excluding hydrogens is 264 g/mol. The molecule has 0 saturated carbocycles. The van der Waals surface area contributed by atoms with Crippen molar-refractivity contribution in [3.63, 3.8) is 0 Å². The number of fused-ring (bicyclic) bond motifs is 5. The minimum absolute atomic E-state index is 0.0758. The van der Waals surface area contributed by atoms with Crippen LogP contribution in [0.15, 0.2) is 35.1 Å². The van der Waals surface area contributed by atoms with Crippen LogP contribution in [0.4, 0.5) is 0 Å². The molecule has 0 atom stereocenters. The number of hydrogen-bond acceptors (Lipinski definition) is 2. The molecule has 4 nitrogen and oxygen atoms in total. The number of aromatic nitrogens is 2. The summed E-state index contributed by atoms with van der Waals surface area (Å²) in [7, 11) is 1.67. The van der Waals surface area contributed by atoms with Crippen LogP contribution in [0.5, 0.6) is 5.75 Å². The summed E-state index contributed by atoms with van der Waals surface area (Å²) >= 11 is 0. The molecule has 106 valence electrons. The molecule has 21 heavy (non-hydrogen) atoms. The Kier molecular flexibility index (Phi) is 2.48. The summed E-state index contributed by atoms with van der Waals surface area (Å²) in [6.07, 6.45) is 0.873. The van der Waals surface area contributed by atoms with Gasteiger partial charge < -0.3 is 14.3 Å². The van der Waals surface area contributed by atoms with Crippen LogP contribution in [-0.2, 0) is 13.0 Å². The molecule has 0 aliphatic carbocycles. The van der Waals surface area contributed by atoms with Gasteiger partial charge >= 0.3 is 0 Å². The number of rotatable bonds is 1. The predicted molar refractivity (Wildman–Crippen MR) is 83.0 cm³/mol. The van der Waals surface area contributed by atoms with Crippen molar-refractivity contribution in [2.45, 2.75) is 19.9 Å². The van der Waals surface area contributed by atoms with Gasteiger partial charge in [-0.05, 0) is 42.7 Å². The lowest BCUT2D eigenvalue weighted by atomic mass is 10.0. The van der Waals surface area contributed by atoms with Crippen LogP contribution in [0.1, 0.15) is 11.1 Å². The van der Waals surface area contributed by atoms with Crippen molar-refractivity contribution in [3.05, 3.63) is 51.8 Å². The fourth-order valence-corrected chi connectivity index (χ4v) is 3.23. The largest absolute Gasteiger partial charge is 0.497 e. The molecule has 1 aliphatic heterocycles. The van der Waals surface area contributed by atoms with Crippen LogP contribution in [0.3, 0.4) is 0 Å². The van der Waals surface area contributed by atoms with E-state index in [1.807, 2.05) is 23.6 Å². The Morgan fingerprint density at radius 1 is 1.24 bits per heavy atom. The second-order valence-corrected chi connectivity index (χ2v) is 5.55. The lowest BCUT2D eigenvalue weighted by Crippen LogP contribution is -2.25.